The van der Waals surface area contributed by atoms with E-state index in [1.807, 2.05) is 0 Å². The Bertz CT molecular complexity index is 256. The number of hydrogen-bond donors (Lipinski definition) is 2. The van der Waals surface area contributed by atoms with Gasteiger partial charge in [0, 0.05) is 25.1 Å². The predicted molar refractivity (Wildman–Crippen MR) is 54.7 cm³/mol. The standard InChI is InChI=1S/C10H16N4/c1-2-11-5-9(1)6-13-8-10-7-12-3-4-14-10/h3-4,7,9,11,13H,1-2,5-6,8H2. The van der Waals surface area contributed by atoms with Crippen LogP contribution in [0.2, 0.25) is 0 Å². The summed E-state index contributed by atoms with van der Waals surface area (Å²) >= 11 is 0. The summed E-state index contributed by atoms with van der Waals surface area (Å²) in [5, 5.41) is 6.75. The van der Waals surface area contributed by atoms with Gasteiger partial charge in [0.15, 0.2) is 0 Å². The minimum Gasteiger partial charge on any atom is -0.316 e. The molecule has 1 atom stereocenters. The SMILES string of the molecule is c1cnc(CNCC2CCNC2)cn1. The number of nitrogens with one attached hydrogen (secondary N) is 2. The zero-order chi connectivity index (χ0) is 9.64. The van der Waals surface area contributed by atoms with E-state index in [0.29, 0.717) is 0 Å². The molecule has 1 unspecified atom stereocenters. The summed E-state index contributed by atoms with van der Waals surface area (Å²) in [6, 6.07) is 0. The Labute approximate surface area is 84.2 Å². The highest BCUT2D eigenvalue weighted by atomic mass is 14.9. The topological polar surface area (TPSA) is 49.8 Å². The Hall–Kier alpha value is -1.00. The second-order valence-electron chi connectivity index (χ2n) is 3.69. The van der Waals surface area contributed by atoms with Crippen LogP contribution in [0.25, 0.3) is 0 Å². The fourth-order valence-electron chi connectivity index (χ4n) is 1.71. The first-order chi connectivity index (χ1) is 6.95. The van der Waals surface area contributed by atoms with Gasteiger partial charge in [-0.15, -0.1) is 0 Å². The second kappa shape index (κ2) is 5.02. The van der Waals surface area contributed by atoms with Crippen LogP contribution in [0.1, 0.15) is 12.1 Å². The molecule has 1 aliphatic heterocycles. The predicted octanol–water partition coefficient (Wildman–Crippen LogP) is 0.176. The largest absolute Gasteiger partial charge is 0.316 e. The van der Waals surface area contributed by atoms with Gasteiger partial charge in [-0.25, -0.2) is 0 Å². The first-order valence-corrected chi connectivity index (χ1v) is 5.11. The summed E-state index contributed by atoms with van der Waals surface area (Å²) in [4.78, 5) is 8.22. The summed E-state index contributed by atoms with van der Waals surface area (Å²) in [5.74, 6) is 0.784. The Morgan fingerprint density at radius 1 is 1.50 bits per heavy atom. The van der Waals surface area contributed by atoms with Crippen molar-refractivity contribution in [2.45, 2.75) is 13.0 Å². The minimum absolute atomic E-state index is 0.784. The van der Waals surface area contributed by atoms with E-state index in [1.54, 1.807) is 18.6 Å². The lowest BCUT2D eigenvalue weighted by molar-refractivity contribution is 0.509. The van der Waals surface area contributed by atoms with Gasteiger partial charge in [-0.1, -0.05) is 0 Å². The van der Waals surface area contributed by atoms with Crippen molar-refractivity contribution >= 4 is 0 Å². The second-order valence-corrected chi connectivity index (χ2v) is 3.69. The molecule has 0 aliphatic carbocycles. The quantitative estimate of drug-likeness (QED) is 0.714. The molecule has 4 heteroatoms. The van der Waals surface area contributed by atoms with Crippen LogP contribution in [0.5, 0.6) is 0 Å². The molecule has 0 bridgehead atoms. The van der Waals surface area contributed by atoms with Gasteiger partial charge in [-0.2, -0.15) is 0 Å². The lowest BCUT2D eigenvalue weighted by Crippen LogP contribution is -2.24. The van der Waals surface area contributed by atoms with Crippen molar-refractivity contribution in [3.63, 3.8) is 0 Å². The van der Waals surface area contributed by atoms with Crippen molar-refractivity contribution in [2.75, 3.05) is 19.6 Å². The van der Waals surface area contributed by atoms with E-state index >= 15 is 0 Å². The molecule has 4 nitrogen and oxygen atoms in total. The highest BCUT2D eigenvalue weighted by Gasteiger charge is 2.13. The Morgan fingerprint density at radius 3 is 3.21 bits per heavy atom. The smallest absolute Gasteiger partial charge is 0.0724 e. The molecule has 2 N–H and O–H groups in total. The van der Waals surface area contributed by atoms with Crippen LogP contribution in [0.3, 0.4) is 0 Å². The summed E-state index contributed by atoms with van der Waals surface area (Å²) < 4.78 is 0. The zero-order valence-corrected chi connectivity index (χ0v) is 8.24. The van der Waals surface area contributed by atoms with Gasteiger partial charge in [0.1, 0.15) is 0 Å². The van der Waals surface area contributed by atoms with Crippen molar-refractivity contribution in [3.05, 3.63) is 24.3 Å². The van der Waals surface area contributed by atoms with Crippen molar-refractivity contribution < 1.29 is 0 Å². The fraction of sp³-hybridized carbons (Fsp3) is 0.600. The maximum Gasteiger partial charge on any atom is 0.0724 e. The van der Waals surface area contributed by atoms with E-state index in [9.17, 15) is 0 Å². The molecule has 2 rings (SSSR count). The van der Waals surface area contributed by atoms with Crippen molar-refractivity contribution in [3.8, 4) is 0 Å². The lowest BCUT2D eigenvalue weighted by atomic mass is 10.1. The molecule has 1 saturated heterocycles. The first kappa shape index (κ1) is 9.55. The van der Waals surface area contributed by atoms with E-state index < -0.39 is 0 Å². The molecule has 76 valence electrons. The van der Waals surface area contributed by atoms with Crippen molar-refractivity contribution in [2.24, 2.45) is 5.92 Å². The first-order valence-electron chi connectivity index (χ1n) is 5.11. The molecule has 0 amide bonds. The summed E-state index contributed by atoms with van der Waals surface area (Å²) in [6.45, 7) is 4.21. The molecule has 1 aromatic rings. The lowest BCUT2D eigenvalue weighted by Gasteiger charge is -2.08. The molecular weight excluding hydrogens is 176 g/mol. The van der Waals surface area contributed by atoms with Gasteiger partial charge >= 0.3 is 0 Å². The van der Waals surface area contributed by atoms with Crippen molar-refractivity contribution in [1.82, 2.24) is 20.6 Å². The van der Waals surface area contributed by atoms with Crippen LogP contribution in [-0.4, -0.2) is 29.6 Å². The van der Waals surface area contributed by atoms with Crippen LogP contribution in [0.15, 0.2) is 18.6 Å². The van der Waals surface area contributed by atoms with Crippen molar-refractivity contribution in [1.29, 1.82) is 0 Å². The van der Waals surface area contributed by atoms with E-state index in [2.05, 4.69) is 20.6 Å². The third kappa shape index (κ3) is 2.75. The average molecular weight is 192 g/mol. The molecule has 0 spiro atoms. The van der Waals surface area contributed by atoms with Gasteiger partial charge in [0.2, 0.25) is 0 Å². The summed E-state index contributed by atoms with van der Waals surface area (Å²) in [5.41, 5.74) is 1.01. The van der Waals surface area contributed by atoms with E-state index in [4.69, 9.17) is 0 Å². The molecule has 0 saturated carbocycles. The highest BCUT2D eigenvalue weighted by Crippen LogP contribution is 2.05. The minimum atomic E-state index is 0.784. The molecular formula is C10H16N4. The zero-order valence-electron chi connectivity index (χ0n) is 8.24. The van der Waals surface area contributed by atoms with Crippen LogP contribution in [0.4, 0.5) is 0 Å². The Balaban J connectivity index is 1.67. The van der Waals surface area contributed by atoms with Crippen LogP contribution in [0, 0.1) is 5.92 Å². The maximum atomic E-state index is 4.20. The molecule has 2 heterocycles. The number of nitrogens with zero attached hydrogens (tertiary/aromatic N) is 2. The summed E-state index contributed by atoms with van der Waals surface area (Å²) in [7, 11) is 0. The molecule has 1 aromatic heterocycles. The fourth-order valence-corrected chi connectivity index (χ4v) is 1.71. The van der Waals surface area contributed by atoms with Gasteiger partial charge in [-0.3, -0.25) is 9.97 Å². The molecule has 1 fully saturated rings. The third-order valence-electron chi connectivity index (χ3n) is 2.52. The van der Waals surface area contributed by atoms with Gasteiger partial charge in [-0.05, 0) is 32.0 Å². The van der Waals surface area contributed by atoms with Gasteiger partial charge in [0.25, 0.3) is 0 Å². The van der Waals surface area contributed by atoms with Crippen LogP contribution in [-0.2, 0) is 6.54 Å². The highest BCUT2D eigenvalue weighted by molar-refractivity contribution is 4.93. The molecule has 0 aromatic carbocycles. The number of rotatable bonds is 4. The average Bonchev–Trinajstić information content (AvgIpc) is 2.72. The van der Waals surface area contributed by atoms with E-state index in [-0.39, 0.29) is 0 Å². The monoisotopic (exact) mass is 192 g/mol. The molecule has 1 aliphatic rings. The van der Waals surface area contributed by atoms with Gasteiger partial charge in [0.05, 0.1) is 5.69 Å². The third-order valence-corrected chi connectivity index (χ3v) is 2.52. The normalized spacial score (nSPS) is 21.3. The maximum absolute atomic E-state index is 4.20. The Morgan fingerprint density at radius 2 is 2.50 bits per heavy atom. The molecule has 0 radical (unpaired) electrons. The number of aromatic nitrogens is 2. The van der Waals surface area contributed by atoms with Crippen LogP contribution >= 0.6 is 0 Å². The van der Waals surface area contributed by atoms with E-state index in [0.717, 1.165) is 37.8 Å². The van der Waals surface area contributed by atoms with Gasteiger partial charge < -0.3 is 10.6 Å². The van der Waals surface area contributed by atoms with E-state index in [1.165, 1.54) is 6.42 Å². The summed E-state index contributed by atoms with van der Waals surface area (Å²) in [6.07, 6.45) is 6.52. The Kier molecular flexibility index (Phi) is 3.43. The number of hydrogen-bond acceptors (Lipinski definition) is 4. The van der Waals surface area contributed by atoms with Crippen LogP contribution < -0.4 is 10.6 Å². The molecule has 14 heavy (non-hydrogen) atoms.